The second-order valence-electron chi connectivity index (χ2n) is 4.34. The van der Waals surface area contributed by atoms with Crippen LogP contribution in [-0.4, -0.2) is 30.6 Å². The third-order valence-electron chi connectivity index (χ3n) is 2.80. The summed E-state index contributed by atoms with van der Waals surface area (Å²) in [6.07, 6.45) is -0.0151. The van der Waals surface area contributed by atoms with Crippen LogP contribution in [0, 0.1) is 6.92 Å². The van der Waals surface area contributed by atoms with E-state index in [0.29, 0.717) is 11.7 Å². The maximum absolute atomic E-state index is 11.8. The van der Waals surface area contributed by atoms with Crippen molar-refractivity contribution in [3.63, 3.8) is 0 Å². The largest absolute Gasteiger partial charge is 0.380 e. The van der Waals surface area contributed by atoms with Gasteiger partial charge in [-0.05, 0) is 24.6 Å². The number of aromatic nitrogens is 1. The Morgan fingerprint density at radius 2 is 2.37 bits per heavy atom. The highest BCUT2D eigenvalue weighted by Crippen LogP contribution is 2.26. The van der Waals surface area contributed by atoms with Gasteiger partial charge in [0.1, 0.15) is 0 Å². The van der Waals surface area contributed by atoms with E-state index in [1.165, 1.54) is 16.9 Å². The summed E-state index contributed by atoms with van der Waals surface area (Å²) < 4.78 is 6.15. The first-order chi connectivity index (χ1) is 9.12. The minimum Gasteiger partial charge on any atom is -0.380 e. The molecule has 0 radical (unpaired) electrons. The molecule has 6 heteroatoms. The van der Waals surface area contributed by atoms with Crippen molar-refractivity contribution in [2.24, 2.45) is 5.73 Å². The number of methoxy groups -OCH3 is 1. The normalized spacial score (nSPS) is 12.6. The Kier molecular flexibility index (Phi) is 4.47. The minimum atomic E-state index is -0.253. The van der Waals surface area contributed by atoms with E-state index in [1.807, 2.05) is 19.1 Å². The van der Waals surface area contributed by atoms with Gasteiger partial charge in [0.05, 0.1) is 22.7 Å². The van der Waals surface area contributed by atoms with E-state index in [-0.39, 0.29) is 18.4 Å². The lowest BCUT2D eigenvalue weighted by atomic mass is 10.2. The van der Waals surface area contributed by atoms with Crippen LogP contribution in [0.1, 0.15) is 12.0 Å². The number of anilines is 1. The van der Waals surface area contributed by atoms with Crippen LogP contribution in [0.4, 0.5) is 5.13 Å². The lowest BCUT2D eigenvalue weighted by Crippen LogP contribution is -2.28. The highest BCUT2D eigenvalue weighted by molar-refractivity contribution is 7.22. The monoisotopic (exact) mass is 279 g/mol. The topological polar surface area (TPSA) is 77.2 Å². The van der Waals surface area contributed by atoms with Gasteiger partial charge in [0.25, 0.3) is 0 Å². The first kappa shape index (κ1) is 13.9. The SMILES string of the molecule is COC(CN)CC(=O)Nc1nc2ccc(C)cc2s1. The summed E-state index contributed by atoms with van der Waals surface area (Å²) in [7, 11) is 1.55. The molecule has 19 heavy (non-hydrogen) atoms. The number of thiazole rings is 1. The first-order valence-electron chi connectivity index (χ1n) is 6.02. The Labute approximate surface area is 115 Å². The summed E-state index contributed by atoms with van der Waals surface area (Å²) in [6.45, 7) is 2.35. The van der Waals surface area contributed by atoms with Crippen LogP contribution in [0.15, 0.2) is 18.2 Å². The standard InChI is InChI=1S/C13H17N3O2S/c1-8-3-4-10-11(5-8)19-13(15-10)16-12(17)6-9(7-14)18-2/h3-5,9H,6-7,14H2,1-2H3,(H,15,16,17). The number of nitrogens with two attached hydrogens (primary N) is 1. The summed E-state index contributed by atoms with van der Waals surface area (Å²) in [5, 5.41) is 3.39. The van der Waals surface area contributed by atoms with E-state index in [9.17, 15) is 4.79 Å². The zero-order valence-corrected chi connectivity index (χ0v) is 11.8. The van der Waals surface area contributed by atoms with Crippen LogP contribution >= 0.6 is 11.3 Å². The Balaban J connectivity index is 2.06. The van der Waals surface area contributed by atoms with Gasteiger partial charge in [0.2, 0.25) is 5.91 Å². The Morgan fingerprint density at radius 1 is 1.58 bits per heavy atom. The summed E-state index contributed by atoms with van der Waals surface area (Å²) in [6, 6.07) is 6.01. The van der Waals surface area contributed by atoms with E-state index >= 15 is 0 Å². The molecule has 0 saturated heterocycles. The van der Waals surface area contributed by atoms with Crippen molar-refractivity contribution in [3.8, 4) is 0 Å². The number of hydrogen-bond donors (Lipinski definition) is 2. The highest BCUT2D eigenvalue weighted by Gasteiger charge is 2.13. The predicted molar refractivity (Wildman–Crippen MR) is 77.5 cm³/mol. The van der Waals surface area contributed by atoms with Crippen molar-refractivity contribution in [1.29, 1.82) is 0 Å². The fraction of sp³-hybridized carbons (Fsp3) is 0.385. The summed E-state index contributed by atoms with van der Waals surface area (Å²) >= 11 is 1.47. The second kappa shape index (κ2) is 6.10. The van der Waals surface area contributed by atoms with E-state index in [0.717, 1.165) is 10.2 Å². The Morgan fingerprint density at radius 3 is 3.05 bits per heavy atom. The van der Waals surface area contributed by atoms with E-state index < -0.39 is 0 Å². The third-order valence-corrected chi connectivity index (χ3v) is 3.73. The molecule has 0 fully saturated rings. The van der Waals surface area contributed by atoms with Gasteiger partial charge in [0, 0.05) is 13.7 Å². The van der Waals surface area contributed by atoms with E-state index in [1.54, 1.807) is 7.11 Å². The number of fused-ring (bicyclic) bond motifs is 1. The number of hydrogen-bond acceptors (Lipinski definition) is 5. The molecule has 2 rings (SSSR count). The molecule has 0 aliphatic rings. The number of carbonyl (C=O) groups is 1. The molecule has 0 bridgehead atoms. The van der Waals surface area contributed by atoms with Crippen molar-refractivity contribution in [2.75, 3.05) is 19.0 Å². The molecule has 0 spiro atoms. The van der Waals surface area contributed by atoms with Gasteiger partial charge in [0.15, 0.2) is 5.13 Å². The van der Waals surface area contributed by atoms with Crippen LogP contribution < -0.4 is 11.1 Å². The Bertz CT molecular complexity index is 578. The molecule has 5 nitrogen and oxygen atoms in total. The molecular weight excluding hydrogens is 262 g/mol. The zero-order chi connectivity index (χ0) is 13.8. The average molecular weight is 279 g/mol. The van der Waals surface area contributed by atoms with E-state index in [2.05, 4.69) is 16.4 Å². The lowest BCUT2D eigenvalue weighted by molar-refractivity contribution is -0.118. The van der Waals surface area contributed by atoms with Crippen LogP contribution in [0.25, 0.3) is 10.2 Å². The molecule has 1 aromatic heterocycles. The van der Waals surface area contributed by atoms with Gasteiger partial charge in [-0.15, -0.1) is 0 Å². The fourth-order valence-electron chi connectivity index (χ4n) is 1.73. The summed E-state index contributed by atoms with van der Waals surface area (Å²) in [5.41, 5.74) is 7.56. The van der Waals surface area contributed by atoms with Crippen molar-refractivity contribution in [3.05, 3.63) is 23.8 Å². The second-order valence-corrected chi connectivity index (χ2v) is 5.37. The minimum absolute atomic E-state index is 0.131. The molecule has 0 saturated carbocycles. The molecule has 0 aliphatic carbocycles. The van der Waals surface area contributed by atoms with Crippen molar-refractivity contribution in [2.45, 2.75) is 19.4 Å². The molecule has 1 atom stereocenters. The van der Waals surface area contributed by atoms with Crippen LogP contribution in [0.3, 0.4) is 0 Å². The first-order valence-corrected chi connectivity index (χ1v) is 6.84. The number of benzene rings is 1. The average Bonchev–Trinajstić information content (AvgIpc) is 2.77. The van der Waals surface area contributed by atoms with Crippen LogP contribution in [-0.2, 0) is 9.53 Å². The van der Waals surface area contributed by atoms with Gasteiger partial charge < -0.3 is 15.8 Å². The highest BCUT2D eigenvalue weighted by atomic mass is 32.1. The third kappa shape index (κ3) is 3.50. The number of rotatable bonds is 5. The van der Waals surface area contributed by atoms with E-state index in [4.69, 9.17) is 10.5 Å². The number of aryl methyl sites for hydroxylation is 1. The van der Waals surface area contributed by atoms with Crippen LogP contribution in [0.2, 0.25) is 0 Å². The summed E-state index contributed by atoms with van der Waals surface area (Å²) in [5.74, 6) is -0.131. The van der Waals surface area contributed by atoms with Gasteiger partial charge >= 0.3 is 0 Å². The molecule has 102 valence electrons. The molecule has 1 aromatic carbocycles. The number of nitrogens with one attached hydrogen (secondary N) is 1. The quantitative estimate of drug-likeness (QED) is 0.876. The molecule has 3 N–H and O–H groups in total. The molecule has 2 aromatic rings. The molecule has 1 unspecified atom stereocenters. The molecule has 1 amide bonds. The predicted octanol–water partition coefficient (Wildman–Crippen LogP) is 1.91. The fourth-order valence-corrected chi connectivity index (χ4v) is 2.71. The number of amides is 1. The lowest BCUT2D eigenvalue weighted by Gasteiger charge is -2.11. The smallest absolute Gasteiger partial charge is 0.228 e. The maximum Gasteiger partial charge on any atom is 0.228 e. The number of ether oxygens (including phenoxy) is 1. The number of carbonyl (C=O) groups excluding carboxylic acids is 1. The van der Waals surface area contributed by atoms with Gasteiger partial charge in [-0.2, -0.15) is 0 Å². The van der Waals surface area contributed by atoms with Crippen molar-refractivity contribution in [1.82, 2.24) is 4.98 Å². The van der Waals surface area contributed by atoms with Crippen molar-refractivity contribution >= 4 is 32.6 Å². The number of nitrogens with zero attached hydrogens (tertiary/aromatic N) is 1. The zero-order valence-electron chi connectivity index (χ0n) is 11.0. The molecule has 0 aliphatic heterocycles. The van der Waals surface area contributed by atoms with Crippen molar-refractivity contribution < 1.29 is 9.53 Å². The van der Waals surface area contributed by atoms with Gasteiger partial charge in [-0.1, -0.05) is 17.4 Å². The molecular formula is C13H17N3O2S. The van der Waals surface area contributed by atoms with Gasteiger partial charge in [-0.3, -0.25) is 4.79 Å². The van der Waals surface area contributed by atoms with Crippen LogP contribution in [0.5, 0.6) is 0 Å². The summed E-state index contributed by atoms with van der Waals surface area (Å²) in [4.78, 5) is 16.2. The molecule has 1 heterocycles. The Hall–Kier alpha value is -1.50. The maximum atomic E-state index is 11.8. The van der Waals surface area contributed by atoms with Gasteiger partial charge in [-0.25, -0.2) is 4.98 Å².